The van der Waals surface area contributed by atoms with Gasteiger partial charge in [0.25, 0.3) is 5.91 Å². The molecule has 1 N–H and O–H groups in total. The van der Waals surface area contributed by atoms with Crippen molar-refractivity contribution >= 4 is 17.7 Å². The van der Waals surface area contributed by atoms with Gasteiger partial charge >= 0.3 is 5.97 Å². The number of nitrogens with one attached hydrogen (secondary N) is 1. The van der Waals surface area contributed by atoms with Crippen molar-refractivity contribution in [3.63, 3.8) is 0 Å². The molecule has 0 saturated heterocycles. The second-order valence-corrected chi connectivity index (χ2v) is 7.64. The summed E-state index contributed by atoms with van der Waals surface area (Å²) in [6, 6.07) is 18.7. The van der Waals surface area contributed by atoms with Crippen molar-refractivity contribution in [2.24, 2.45) is 0 Å². The number of esters is 1. The molecule has 1 amide bonds. The summed E-state index contributed by atoms with van der Waals surface area (Å²) in [6.45, 7) is 3.87. The van der Waals surface area contributed by atoms with E-state index in [1.165, 1.54) is 12.7 Å². The molecule has 0 unspecified atom stereocenters. The Hall–Kier alpha value is -3.87. The van der Waals surface area contributed by atoms with Gasteiger partial charge in [0, 0.05) is 23.5 Å². The van der Waals surface area contributed by atoms with Crippen LogP contribution in [0.15, 0.2) is 60.7 Å². The van der Waals surface area contributed by atoms with Crippen molar-refractivity contribution in [3.05, 3.63) is 88.7 Å². The van der Waals surface area contributed by atoms with E-state index >= 15 is 0 Å². The van der Waals surface area contributed by atoms with E-state index in [2.05, 4.69) is 22.0 Å². The fourth-order valence-electron chi connectivity index (χ4n) is 3.67. The first kappa shape index (κ1) is 23.8. The van der Waals surface area contributed by atoms with Crippen LogP contribution in [0.25, 0.3) is 0 Å². The minimum Gasteiger partial charge on any atom is -0.496 e. The van der Waals surface area contributed by atoms with Crippen LogP contribution in [-0.2, 0) is 22.5 Å². The van der Waals surface area contributed by atoms with Crippen LogP contribution in [-0.4, -0.2) is 42.5 Å². The van der Waals surface area contributed by atoms with Crippen LogP contribution < -0.4 is 10.1 Å². The summed E-state index contributed by atoms with van der Waals surface area (Å²) >= 11 is 0. The predicted molar refractivity (Wildman–Crippen MR) is 125 cm³/mol. The van der Waals surface area contributed by atoms with Crippen LogP contribution >= 0.6 is 0 Å². The van der Waals surface area contributed by atoms with Crippen molar-refractivity contribution < 1.29 is 23.9 Å². The van der Waals surface area contributed by atoms with Crippen LogP contribution in [0.2, 0.25) is 0 Å². The quantitative estimate of drug-likeness (QED) is 0.379. The van der Waals surface area contributed by atoms with E-state index in [9.17, 15) is 14.4 Å². The van der Waals surface area contributed by atoms with Crippen molar-refractivity contribution in [2.75, 3.05) is 20.3 Å². The molecule has 1 aromatic heterocycles. The van der Waals surface area contributed by atoms with E-state index < -0.39 is 11.9 Å². The molecule has 2 aromatic carbocycles. The Morgan fingerprint density at radius 1 is 0.939 bits per heavy atom. The van der Waals surface area contributed by atoms with Gasteiger partial charge < -0.3 is 19.4 Å². The lowest BCUT2D eigenvalue weighted by atomic mass is 10.1. The summed E-state index contributed by atoms with van der Waals surface area (Å²) < 4.78 is 12.3. The van der Waals surface area contributed by atoms with Crippen LogP contribution in [0.5, 0.6) is 5.75 Å². The fourth-order valence-corrected chi connectivity index (χ4v) is 3.67. The van der Waals surface area contributed by atoms with Gasteiger partial charge in [0.2, 0.25) is 5.78 Å². The Balaban J connectivity index is 1.52. The van der Waals surface area contributed by atoms with Gasteiger partial charge in [-0.3, -0.25) is 14.4 Å². The molecule has 172 valence electrons. The zero-order valence-corrected chi connectivity index (χ0v) is 19.1. The Labute approximate surface area is 193 Å². The minimum absolute atomic E-state index is 0.279. The lowest BCUT2D eigenvalue weighted by molar-refractivity contribution is -0.141. The number of rotatable bonds is 10. The highest BCUT2D eigenvalue weighted by Gasteiger charge is 2.18. The Morgan fingerprint density at radius 2 is 1.64 bits per heavy atom. The zero-order valence-electron chi connectivity index (χ0n) is 19.1. The molecule has 1 heterocycles. The number of nitrogens with zero attached hydrogens (tertiary/aromatic N) is 1. The van der Waals surface area contributed by atoms with E-state index in [0.29, 0.717) is 16.9 Å². The molecule has 0 atom stereocenters. The first-order valence-electron chi connectivity index (χ1n) is 10.7. The van der Waals surface area contributed by atoms with E-state index in [-0.39, 0.29) is 18.9 Å². The summed E-state index contributed by atoms with van der Waals surface area (Å²) in [4.78, 5) is 37.0. The molecule has 7 nitrogen and oxygen atoms in total. The van der Waals surface area contributed by atoms with Crippen LogP contribution in [0.1, 0.15) is 37.7 Å². The Kier molecular flexibility index (Phi) is 8.02. The molecular formula is C26H28N2O5. The number of carbonyl (C=O) groups excluding carboxylic acids is 3. The second-order valence-electron chi connectivity index (χ2n) is 7.64. The van der Waals surface area contributed by atoms with Crippen LogP contribution in [0.4, 0.5) is 0 Å². The maximum absolute atomic E-state index is 12.7. The lowest BCUT2D eigenvalue weighted by Gasteiger charge is -2.10. The molecule has 0 bridgehead atoms. The highest BCUT2D eigenvalue weighted by atomic mass is 16.5. The molecule has 3 rings (SSSR count). The van der Waals surface area contributed by atoms with E-state index in [1.54, 1.807) is 24.3 Å². The topological polar surface area (TPSA) is 86.6 Å². The summed E-state index contributed by atoms with van der Waals surface area (Å²) in [5, 5.41) is 2.48. The van der Waals surface area contributed by atoms with Crippen LogP contribution in [0.3, 0.4) is 0 Å². The van der Waals surface area contributed by atoms with Gasteiger partial charge in [0.15, 0.2) is 6.61 Å². The van der Waals surface area contributed by atoms with Crippen molar-refractivity contribution in [3.8, 4) is 5.75 Å². The summed E-state index contributed by atoms with van der Waals surface area (Å²) in [5.74, 6) is -1.03. The maximum Gasteiger partial charge on any atom is 0.325 e. The van der Waals surface area contributed by atoms with Gasteiger partial charge in [-0.2, -0.15) is 0 Å². The number of benzene rings is 2. The van der Waals surface area contributed by atoms with E-state index in [0.717, 1.165) is 24.4 Å². The highest BCUT2D eigenvalue weighted by Crippen LogP contribution is 2.18. The van der Waals surface area contributed by atoms with E-state index in [1.807, 2.05) is 38.1 Å². The zero-order chi connectivity index (χ0) is 23.8. The monoisotopic (exact) mass is 448 g/mol. The molecule has 0 aliphatic carbocycles. The number of methoxy groups -OCH3 is 1. The van der Waals surface area contributed by atoms with Gasteiger partial charge in [0.05, 0.1) is 12.7 Å². The molecule has 0 saturated carbocycles. The number of aryl methyl sites for hydroxylation is 2. The first-order chi connectivity index (χ1) is 15.9. The number of ether oxygens (including phenoxy) is 2. The average Bonchev–Trinajstić information content (AvgIpc) is 3.13. The van der Waals surface area contributed by atoms with Gasteiger partial charge in [-0.25, -0.2) is 0 Å². The van der Waals surface area contributed by atoms with Crippen LogP contribution in [0, 0.1) is 13.8 Å². The van der Waals surface area contributed by atoms with Crippen molar-refractivity contribution in [1.82, 2.24) is 9.88 Å². The molecule has 33 heavy (non-hydrogen) atoms. The molecule has 7 heteroatoms. The molecule has 0 fully saturated rings. The Bertz CT molecular complexity index is 1130. The number of Topliss-reactive ketones (excluding diaryl/α,β-unsaturated/α-hetero) is 1. The summed E-state index contributed by atoms with van der Waals surface area (Å²) in [6.07, 6.45) is 0.853. The van der Waals surface area contributed by atoms with Gasteiger partial charge in [-0.05, 0) is 44.0 Å². The molecule has 3 aromatic rings. The third-order valence-corrected chi connectivity index (χ3v) is 5.45. The second kappa shape index (κ2) is 11.1. The van der Waals surface area contributed by atoms with Gasteiger partial charge in [-0.15, -0.1) is 0 Å². The number of hydrogen-bond acceptors (Lipinski definition) is 5. The third kappa shape index (κ3) is 6.10. The minimum atomic E-state index is -0.690. The number of amides is 1. The largest absolute Gasteiger partial charge is 0.496 e. The van der Waals surface area contributed by atoms with Gasteiger partial charge in [-0.1, -0.05) is 42.5 Å². The van der Waals surface area contributed by atoms with Crippen molar-refractivity contribution in [1.29, 1.82) is 0 Å². The Morgan fingerprint density at radius 3 is 2.36 bits per heavy atom. The number of hydrogen-bond donors (Lipinski definition) is 1. The third-order valence-electron chi connectivity index (χ3n) is 5.45. The maximum atomic E-state index is 12.7. The van der Waals surface area contributed by atoms with Crippen molar-refractivity contribution in [2.45, 2.75) is 26.8 Å². The standard InChI is InChI=1S/C26H28N2O5/c1-18-15-22(19(2)28(18)14-13-20-9-5-4-6-10-20)23(29)17-33-25(30)16-27-26(31)21-11-7-8-12-24(21)32-3/h4-12,15H,13-14,16-17H2,1-3H3,(H,27,31). The summed E-state index contributed by atoms with van der Waals surface area (Å²) in [5.41, 5.74) is 3.89. The number of para-hydroxylation sites is 1. The molecule has 0 spiro atoms. The SMILES string of the molecule is COc1ccccc1C(=O)NCC(=O)OCC(=O)c1cc(C)n(CCc2ccccc2)c1C. The number of carbonyl (C=O) groups is 3. The molecule has 0 aliphatic rings. The molecule has 0 aliphatic heterocycles. The number of aromatic nitrogens is 1. The predicted octanol–water partition coefficient (Wildman–Crippen LogP) is 3.51. The molecule has 0 radical (unpaired) electrons. The fraction of sp³-hybridized carbons (Fsp3) is 0.269. The average molecular weight is 449 g/mol. The lowest BCUT2D eigenvalue weighted by Crippen LogP contribution is -2.31. The smallest absolute Gasteiger partial charge is 0.325 e. The normalized spacial score (nSPS) is 10.5. The van der Waals surface area contributed by atoms with Gasteiger partial charge in [0.1, 0.15) is 12.3 Å². The number of ketones is 1. The first-order valence-corrected chi connectivity index (χ1v) is 10.7. The molecular weight excluding hydrogens is 420 g/mol. The summed E-state index contributed by atoms with van der Waals surface area (Å²) in [7, 11) is 1.46. The van der Waals surface area contributed by atoms with E-state index in [4.69, 9.17) is 9.47 Å². The highest BCUT2D eigenvalue weighted by molar-refractivity contribution is 6.00.